The number of hydrogen-bond donors (Lipinski definition) is 1. The maximum absolute atomic E-state index is 12.9. The van der Waals surface area contributed by atoms with Gasteiger partial charge in [0.05, 0.1) is 12.2 Å². The van der Waals surface area contributed by atoms with Crippen molar-refractivity contribution in [3.05, 3.63) is 30.1 Å². The van der Waals surface area contributed by atoms with Crippen LogP contribution in [0.15, 0.2) is 24.3 Å². The Bertz CT molecular complexity index is 756. The lowest BCUT2D eigenvalue weighted by Gasteiger charge is -2.40. The van der Waals surface area contributed by atoms with Gasteiger partial charge in [0.15, 0.2) is 0 Å². The van der Waals surface area contributed by atoms with Crippen LogP contribution in [-0.2, 0) is 14.9 Å². The van der Waals surface area contributed by atoms with E-state index in [1.165, 1.54) is 32.9 Å². The molecule has 0 unspecified atom stereocenters. The summed E-state index contributed by atoms with van der Waals surface area (Å²) in [7, 11) is -3.58. The summed E-state index contributed by atoms with van der Waals surface area (Å²) < 4.78 is 47.2. The molecule has 1 N–H and O–H groups in total. The van der Waals surface area contributed by atoms with Crippen molar-refractivity contribution < 1.29 is 22.3 Å². The second-order valence-corrected chi connectivity index (χ2v) is 8.83. The largest absolute Gasteiger partial charge is 0.373 e. The predicted octanol–water partition coefficient (Wildman–Crippen LogP) is 1.33. The lowest BCUT2D eigenvalue weighted by atomic mass is 10.3. The van der Waals surface area contributed by atoms with E-state index in [0.717, 1.165) is 0 Å². The highest BCUT2D eigenvalue weighted by atomic mass is 32.2. The van der Waals surface area contributed by atoms with Gasteiger partial charge in [0.25, 0.3) is 10.2 Å². The van der Waals surface area contributed by atoms with Crippen LogP contribution in [0.25, 0.3) is 0 Å². The van der Waals surface area contributed by atoms with Crippen LogP contribution in [0, 0.1) is 5.82 Å². The molecule has 2 aliphatic heterocycles. The predicted molar refractivity (Wildman–Crippen MR) is 99.1 cm³/mol. The van der Waals surface area contributed by atoms with Gasteiger partial charge in [-0.25, -0.2) is 9.18 Å². The van der Waals surface area contributed by atoms with E-state index in [4.69, 9.17) is 4.74 Å². The first-order valence-electron chi connectivity index (χ1n) is 8.98. The van der Waals surface area contributed by atoms with Crippen molar-refractivity contribution in [3.8, 4) is 0 Å². The molecule has 0 aliphatic carbocycles. The highest BCUT2D eigenvalue weighted by Gasteiger charge is 2.37. The molecule has 0 spiro atoms. The molecule has 0 saturated carbocycles. The summed E-state index contributed by atoms with van der Waals surface area (Å²) in [6, 6.07) is 5.17. The quantitative estimate of drug-likeness (QED) is 0.830. The van der Waals surface area contributed by atoms with Crippen molar-refractivity contribution in [2.45, 2.75) is 26.1 Å². The van der Waals surface area contributed by atoms with Crippen molar-refractivity contribution in [2.24, 2.45) is 0 Å². The Morgan fingerprint density at radius 3 is 2.15 bits per heavy atom. The molecule has 8 nitrogen and oxygen atoms in total. The summed E-state index contributed by atoms with van der Waals surface area (Å²) in [5.74, 6) is -0.376. The molecule has 2 heterocycles. The topological polar surface area (TPSA) is 82.2 Å². The van der Waals surface area contributed by atoms with Crippen LogP contribution in [0.1, 0.15) is 13.8 Å². The Morgan fingerprint density at radius 2 is 1.59 bits per heavy atom. The van der Waals surface area contributed by atoms with Gasteiger partial charge >= 0.3 is 6.03 Å². The highest BCUT2D eigenvalue weighted by molar-refractivity contribution is 7.86. The average Bonchev–Trinajstić information content (AvgIpc) is 2.63. The van der Waals surface area contributed by atoms with Gasteiger partial charge in [0.1, 0.15) is 5.82 Å². The number of nitrogens with one attached hydrogen (secondary N) is 1. The molecule has 2 amide bonds. The Morgan fingerprint density at radius 1 is 1.04 bits per heavy atom. The number of urea groups is 1. The molecule has 27 heavy (non-hydrogen) atoms. The molecular formula is C17H25FN4O4S. The van der Waals surface area contributed by atoms with Gasteiger partial charge in [-0.1, -0.05) is 0 Å². The summed E-state index contributed by atoms with van der Waals surface area (Å²) >= 11 is 0. The first-order valence-corrected chi connectivity index (χ1v) is 10.4. The Hall–Kier alpha value is -1.75. The lowest BCUT2D eigenvalue weighted by molar-refractivity contribution is -0.0456. The fourth-order valence-electron chi connectivity index (χ4n) is 3.34. The van der Waals surface area contributed by atoms with E-state index in [0.29, 0.717) is 31.9 Å². The van der Waals surface area contributed by atoms with Gasteiger partial charge in [-0.05, 0) is 38.1 Å². The van der Waals surface area contributed by atoms with Crippen LogP contribution in [0.5, 0.6) is 0 Å². The summed E-state index contributed by atoms with van der Waals surface area (Å²) in [5, 5.41) is 2.69. The van der Waals surface area contributed by atoms with Crippen LogP contribution < -0.4 is 5.32 Å². The second kappa shape index (κ2) is 8.09. The zero-order valence-corrected chi connectivity index (χ0v) is 16.3. The first-order chi connectivity index (χ1) is 12.8. The number of amides is 2. The number of nitrogens with zero attached hydrogens (tertiary/aromatic N) is 3. The minimum atomic E-state index is -3.58. The van der Waals surface area contributed by atoms with E-state index in [2.05, 4.69) is 5.32 Å². The van der Waals surface area contributed by atoms with E-state index >= 15 is 0 Å². The van der Waals surface area contributed by atoms with E-state index in [1.807, 2.05) is 13.8 Å². The summed E-state index contributed by atoms with van der Waals surface area (Å²) in [5.41, 5.74) is 0.493. The number of ether oxygens (including phenoxy) is 1. The lowest BCUT2D eigenvalue weighted by Crippen LogP contribution is -2.58. The molecule has 2 saturated heterocycles. The van der Waals surface area contributed by atoms with E-state index in [9.17, 15) is 17.6 Å². The number of carbonyl (C=O) groups is 1. The fraction of sp³-hybridized carbons (Fsp3) is 0.588. The van der Waals surface area contributed by atoms with E-state index in [-0.39, 0.29) is 37.1 Å². The Labute approximate surface area is 159 Å². The first kappa shape index (κ1) is 20.0. The third kappa shape index (κ3) is 4.75. The molecule has 2 atom stereocenters. The van der Waals surface area contributed by atoms with Crippen molar-refractivity contribution in [2.75, 3.05) is 44.6 Å². The molecular weight excluding hydrogens is 375 g/mol. The zero-order chi connectivity index (χ0) is 19.6. The number of rotatable bonds is 3. The standard InChI is InChI=1S/C17H25FN4O4S/c1-13-11-22(12-14(2)26-13)27(24,25)21-9-7-20(8-10-21)17(23)19-16-5-3-15(18)4-6-16/h3-6,13-14H,7-12H2,1-2H3,(H,19,23)/t13-,14-/m0/s1. The third-order valence-corrected chi connectivity index (χ3v) is 6.63. The Balaban J connectivity index is 1.56. The molecule has 10 heteroatoms. The minimum absolute atomic E-state index is 0.147. The molecule has 2 fully saturated rings. The van der Waals surface area contributed by atoms with Crippen LogP contribution in [0.2, 0.25) is 0 Å². The SMILES string of the molecule is C[C@H]1CN(S(=O)(=O)N2CCN(C(=O)Nc3ccc(F)cc3)CC2)C[C@H](C)O1. The molecule has 0 aromatic heterocycles. The number of benzene rings is 1. The van der Waals surface area contributed by atoms with Crippen molar-refractivity contribution >= 4 is 21.9 Å². The highest BCUT2D eigenvalue weighted by Crippen LogP contribution is 2.19. The minimum Gasteiger partial charge on any atom is -0.373 e. The van der Waals surface area contributed by atoms with Crippen LogP contribution in [0.3, 0.4) is 0 Å². The van der Waals surface area contributed by atoms with Gasteiger partial charge in [0, 0.05) is 45.0 Å². The molecule has 0 radical (unpaired) electrons. The maximum atomic E-state index is 12.9. The van der Waals surface area contributed by atoms with Gasteiger partial charge in [-0.3, -0.25) is 0 Å². The van der Waals surface area contributed by atoms with Gasteiger partial charge in [-0.15, -0.1) is 0 Å². The van der Waals surface area contributed by atoms with Gasteiger partial charge in [-0.2, -0.15) is 17.0 Å². The normalized spacial score (nSPS) is 25.4. The molecule has 2 aliphatic rings. The van der Waals surface area contributed by atoms with Crippen LogP contribution in [0.4, 0.5) is 14.9 Å². The van der Waals surface area contributed by atoms with E-state index in [1.54, 1.807) is 4.90 Å². The number of carbonyl (C=O) groups excluding carboxylic acids is 1. The molecule has 150 valence electrons. The maximum Gasteiger partial charge on any atom is 0.321 e. The fourth-order valence-corrected chi connectivity index (χ4v) is 5.09. The number of morpholine rings is 1. The van der Waals surface area contributed by atoms with E-state index < -0.39 is 10.2 Å². The number of halogens is 1. The summed E-state index contributed by atoms with van der Waals surface area (Å²) in [4.78, 5) is 13.9. The smallest absolute Gasteiger partial charge is 0.321 e. The molecule has 1 aromatic carbocycles. The summed E-state index contributed by atoms with van der Waals surface area (Å²) in [6.45, 7) is 5.43. The Kier molecular flexibility index (Phi) is 5.99. The summed E-state index contributed by atoms with van der Waals surface area (Å²) in [6.07, 6.45) is -0.294. The number of hydrogen-bond acceptors (Lipinski definition) is 4. The zero-order valence-electron chi connectivity index (χ0n) is 15.5. The van der Waals surface area contributed by atoms with Crippen molar-refractivity contribution in [3.63, 3.8) is 0 Å². The van der Waals surface area contributed by atoms with Gasteiger partial charge < -0.3 is 15.0 Å². The molecule has 1 aromatic rings. The van der Waals surface area contributed by atoms with Crippen molar-refractivity contribution in [1.29, 1.82) is 0 Å². The van der Waals surface area contributed by atoms with Gasteiger partial charge in [0.2, 0.25) is 0 Å². The number of piperazine rings is 1. The molecule has 0 bridgehead atoms. The number of anilines is 1. The second-order valence-electron chi connectivity index (χ2n) is 6.91. The monoisotopic (exact) mass is 400 g/mol. The van der Waals surface area contributed by atoms with Crippen LogP contribution in [-0.4, -0.2) is 79.4 Å². The molecule has 3 rings (SSSR count). The van der Waals surface area contributed by atoms with Crippen molar-refractivity contribution in [1.82, 2.24) is 13.5 Å². The van der Waals surface area contributed by atoms with Crippen LogP contribution >= 0.6 is 0 Å². The third-order valence-electron chi connectivity index (χ3n) is 4.66. The average molecular weight is 400 g/mol.